The molecule has 0 amide bonds. The summed E-state index contributed by atoms with van der Waals surface area (Å²) in [6.45, 7) is 14.2. The van der Waals surface area contributed by atoms with Gasteiger partial charge in [0.25, 0.3) is 0 Å². The van der Waals surface area contributed by atoms with E-state index in [-0.39, 0.29) is 25.7 Å². The molecule has 94 heavy (non-hydrogen) atoms. The normalized spacial score (nSPS) is 14.4. The molecule has 0 rings (SSSR count). The van der Waals surface area contributed by atoms with Crippen molar-refractivity contribution >= 4 is 39.5 Å². The number of unbranched alkanes of at least 4 members (excludes halogenated alkanes) is 37. The first-order valence-electron chi connectivity index (χ1n) is 38.7. The van der Waals surface area contributed by atoms with E-state index in [2.05, 4.69) is 55.4 Å². The summed E-state index contributed by atoms with van der Waals surface area (Å²) in [6.07, 6.45) is 48.6. The number of rotatable bonds is 72. The third-order valence-corrected chi connectivity index (χ3v) is 19.6. The summed E-state index contributed by atoms with van der Waals surface area (Å²) in [5, 5.41) is 10.6. The second kappa shape index (κ2) is 64.4. The standard InChI is InChI=1S/C75H146O17P2/c1-9-68(8)54-46-38-30-24-25-33-42-50-58-75(80)92-71(62-86-73(78)56-48-40-34-26-29-37-45-53-67(6)7)64-90-94(83,84)88-60-69(76)59-87-93(81,82)89-63-70(61-85-72(77)55-47-39-31-22-19-15-17-21-28-36-44-52-66(4)5)91-74(79)57-49-41-32-23-18-14-12-10-11-13-16-20-27-35-43-51-65(2)3/h65-71,76H,9-64H2,1-8H3,(H,81,82)(H,83,84)/t68?,69?,70-,71-/m1/s1. The molecule has 0 aliphatic carbocycles. The van der Waals surface area contributed by atoms with Crippen LogP contribution in [0.4, 0.5) is 0 Å². The molecule has 0 saturated heterocycles. The van der Waals surface area contributed by atoms with E-state index >= 15 is 0 Å². The van der Waals surface area contributed by atoms with Gasteiger partial charge in [-0.1, -0.05) is 325 Å². The Morgan fingerprint density at radius 3 is 0.755 bits per heavy atom. The SMILES string of the molecule is CCC(C)CCCCCCCCCCC(=O)O[C@H](COC(=O)CCCCCCCCCC(C)C)COP(=O)(O)OCC(O)COP(=O)(O)OC[C@@H](COC(=O)CCCCCCCCCCCCCC(C)C)OC(=O)CCCCCCCCCCCCCCCCCC(C)C. The fraction of sp³-hybridized carbons (Fsp3) is 0.947. The molecule has 17 nitrogen and oxygen atoms in total. The van der Waals surface area contributed by atoms with Crippen LogP contribution in [0.3, 0.4) is 0 Å². The molecule has 558 valence electrons. The smallest absolute Gasteiger partial charge is 0.462 e. The van der Waals surface area contributed by atoms with Crippen molar-refractivity contribution in [2.45, 2.75) is 395 Å². The zero-order valence-electron chi connectivity index (χ0n) is 61.6. The predicted molar refractivity (Wildman–Crippen MR) is 381 cm³/mol. The van der Waals surface area contributed by atoms with Gasteiger partial charge in [-0.05, 0) is 49.4 Å². The maximum atomic E-state index is 13.1. The molecule has 0 bridgehead atoms. The van der Waals surface area contributed by atoms with Crippen LogP contribution in [0.5, 0.6) is 0 Å². The third kappa shape index (κ3) is 67.3. The quantitative estimate of drug-likeness (QED) is 0.0222. The monoisotopic (exact) mass is 1380 g/mol. The first-order valence-corrected chi connectivity index (χ1v) is 41.7. The first kappa shape index (κ1) is 92.1. The van der Waals surface area contributed by atoms with Crippen LogP contribution >= 0.6 is 15.6 Å². The highest BCUT2D eigenvalue weighted by atomic mass is 31.2. The van der Waals surface area contributed by atoms with Gasteiger partial charge in [-0.25, -0.2) is 9.13 Å². The minimum atomic E-state index is -4.96. The molecule has 0 aromatic carbocycles. The Balaban J connectivity index is 5.25. The highest BCUT2D eigenvalue weighted by Gasteiger charge is 2.30. The lowest BCUT2D eigenvalue weighted by atomic mass is 9.99. The van der Waals surface area contributed by atoms with Crippen molar-refractivity contribution in [1.82, 2.24) is 0 Å². The number of hydrogen-bond acceptors (Lipinski definition) is 15. The summed E-state index contributed by atoms with van der Waals surface area (Å²) in [4.78, 5) is 72.8. The number of aliphatic hydroxyl groups excluding tert-OH is 1. The maximum absolute atomic E-state index is 13.1. The number of phosphoric acid groups is 2. The molecular weight excluding hydrogens is 1230 g/mol. The van der Waals surface area contributed by atoms with Gasteiger partial charge in [-0.2, -0.15) is 0 Å². The Labute approximate surface area is 575 Å². The summed E-state index contributed by atoms with van der Waals surface area (Å²) >= 11 is 0. The maximum Gasteiger partial charge on any atom is 0.472 e. The van der Waals surface area contributed by atoms with E-state index in [1.165, 1.54) is 173 Å². The van der Waals surface area contributed by atoms with Gasteiger partial charge in [0.2, 0.25) is 0 Å². The third-order valence-electron chi connectivity index (χ3n) is 17.7. The minimum absolute atomic E-state index is 0.104. The fourth-order valence-electron chi connectivity index (χ4n) is 11.3. The number of hydrogen-bond donors (Lipinski definition) is 3. The van der Waals surface area contributed by atoms with Gasteiger partial charge in [0.05, 0.1) is 26.4 Å². The van der Waals surface area contributed by atoms with Crippen molar-refractivity contribution in [1.29, 1.82) is 0 Å². The van der Waals surface area contributed by atoms with Crippen LogP contribution in [0.1, 0.15) is 376 Å². The lowest BCUT2D eigenvalue weighted by molar-refractivity contribution is -0.161. The van der Waals surface area contributed by atoms with E-state index < -0.39 is 97.5 Å². The van der Waals surface area contributed by atoms with Gasteiger partial charge < -0.3 is 33.8 Å². The molecule has 3 N–H and O–H groups in total. The number of carbonyl (C=O) groups excluding carboxylic acids is 4. The van der Waals surface area contributed by atoms with Crippen LogP contribution in [-0.4, -0.2) is 96.7 Å². The fourth-order valence-corrected chi connectivity index (χ4v) is 12.9. The van der Waals surface area contributed by atoms with Crippen LogP contribution in [0.25, 0.3) is 0 Å². The first-order chi connectivity index (χ1) is 45.1. The van der Waals surface area contributed by atoms with E-state index in [1.54, 1.807) is 0 Å². The van der Waals surface area contributed by atoms with Gasteiger partial charge >= 0.3 is 39.5 Å². The summed E-state index contributed by atoms with van der Waals surface area (Å²) in [7, 11) is -9.91. The molecule has 0 aliphatic rings. The van der Waals surface area contributed by atoms with Gasteiger partial charge in [-0.3, -0.25) is 37.3 Å². The lowest BCUT2D eigenvalue weighted by Crippen LogP contribution is -2.30. The Morgan fingerprint density at radius 1 is 0.298 bits per heavy atom. The molecule has 0 aromatic heterocycles. The van der Waals surface area contributed by atoms with Crippen LogP contribution in [0.15, 0.2) is 0 Å². The molecule has 0 spiro atoms. The molecular formula is C75H146O17P2. The molecule has 4 unspecified atom stereocenters. The van der Waals surface area contributed by atoms with Gasteiger partial charge in [-0.15, -0.1) is 0 Å². The van der Waals surface area contributed by atoms with E-state index in [1.807, 2.05) is 0 Å². The topological polar surface area (TPSA) is 237 Å². The van der Waals surface area contributed by atoms with E-state index in [0.29, 0.717) is 31.6 Å². The Bertz CT molecular complexity index is 1850. The van der Waals surface area contributed by atoms with Crippen molar-refractivity contribution < 1.29 is 80.2 Å². The average molecular weight is 1380 g/mol. The Morgan fingerprint density at radius 2 is 0.511 bits per heavy atom. The second-order valence-corrected chi connectivity index (χ2v) is 31.6. The average Bonchev–Trinajstić information content (AvgIpc) is 1.56. The number of esters is 4. The largest absolute Gasteiger partial charge is 0.472 e. The van der Waals surface area contributed by atoms with Crippen molar-refractivity contribution in [2.75, 3.05) is 39.6 Å². The predicted octanol–water partition coefficient (Wildman–Crippen LogP) is 21.7. The minimum Gasteiger partial charge on any atom is -0.462 e. The molecule has 19 heteroatoms. The number of aliphatic hydroxyl groups is 1. The molecule has 0 radical (unpaired) electrons. The molecule has 0 fully saturated rings. The Kier molecular flexibility index (Phi) is 63.1. The highest BCUT2D eigenvalue weighted by Crippen LogP contribution is 2.45. The molecule has 0 aromatic rings. The van der Waals surface area contributed by atoms with E-state index in [4.69, 9.17) is 37.0 Å². The summed E-state index contributed by atoms with van der Waals surface area (Å²) in [5.41, 5.74) is 0. The second-order valence-electron chi connectivity index (χ2n) is 28.7. The molecule has 6 atom stereocenters. The lowest BCUT2D eigenvalue weighted by Gasteiger charge is -2.21. The Hall–Kier alpha value is -1.94. The molecule has 0 heterocycles. The summed E-state index contributed by atoms with van der Waals surface area (Å²) in [6, 6.07) is 0. The summed E-state index contributed by atoms with van der Waals surface area (Å²) < 4.78 is 68.5. The van der Waals surface area contributed by atoms with Crippen LogP contribution in [0.2, 0.25) is 0 Å². The van der Waals surface area contributed by atoms with Crippen molar-refractivity contribution in [2.24, 2.45) is 23.7 Å². The van der Waals surface area contributed by atoms with E-state index in [0.717, 1.165) is 114 Å². The zero-order valence-corrected chi connectivity index (χ0v) is 63.4. The number of carbonyl (C=O) groups is 4. The van der Waals surface area contributed by atoms with Crippen molar-refractivity contribution in [3.63, 3.8) is 0 Å². The zero-order chi connectivity index (χ0) is 69.6. The van der Waals surface area contributed by atoms with Crippen molar-refractivity contribution in [3.8, 4) is 0 Å². The van der Waals surface area contributed by atoms with Gasteiger partial charge in [0, 0.05) is 25.7 Å². The molecule has 0 aliphatic heterocycles. The summed E-state index contributed by atoms with van der Waals surface area (Å²) in [5.74, 6) is 0.924. The number of ether oxygens (including phenoxy) is 4. The van der Waals surface area contributed by atoms with Crippen LogP contribution < -0.4 is 0 Å². The van der Waals surface area contributed by atoms with E-state index in [9.17, 15) is 43.2 Å². The van der Waals surface area contributed by atoms with Gasteiger partial charge in [0.15, 0.2) is 12.2 Å². The van der Waals surface area contributed by atoms with Crippen LogP contribution in [-0.2, 0) is 65.4 Å². The van der Waals surface area contributed by atoms with Crippen LogP contribution in [0, 0.1) is 23.7 Å². The highest BCUT2D eigenvalue weighted by molar-refractivity contribution is 7.47. The van der Waals surface area contributed by atoms with Gasteiger partial charge in [0.1, 0.15) is 19.3 Å². The number of phosphoric ester groups is 2. The van der Waals surface area contributed by atoms with Crippen molar-refractivity contribution in [3.05, 3.63) is 0 Å². The molecule has 0 saturated carbocycles.